The van der Waals surface area contributed by atoms with Gasteiger partial charge in [-0.1, -0.05) is 38.1 Å². The standard InChI is InChI=1S/C24H27FN2O2S/c1-16(2)12-27(24(28)20-9-5-6-10-21(20)25)13-19-15-30-23(26-19)14-29-22-11-7-8-17(3)18(22)4/h5-11,15-16H,12-14H2,1-4H3. The number of ether oxygens (including phenoxy) is 1. The van der Waals surface area contributed by atoms with Crippen LogP contribution in [0, 0.1) is 25.6 Å². The van der Waals surface area contributed by atoms with Crippen molar-refractivity contribution in [2.24, 2.45) is 5.92 Å². The number of amides is 1. The number of nitrogens with zero attached hydrogens (tertiary/aromatic N) is 2. The zero-order valence-electron chi connectivity index (χ0n) is 17.8. The van der Waals surface area contributed by atoms with Crippen molar-refractivity contribution in [2.45, 2.75) is 40.8 Å². The van der Waals surface area contributed by atoms with Gasteiger partial charge in [-0.2, -0.15) is 0 Å². The second-order valence-corrected chi connectivity index (χ2v) is 8.72. The SMILES string of the molecule is Cc1cccc(OCc2nc(CN(CC(C)C)C(=O)c3ccccc3F)cs2)c1C. The molecule has 0 aliphatic heterocycles. The van der Waals surface area contributed by atoms with Gasteiger partial charge in [0.25, 0.3) is 5.91 Å². The van der Waals surface area contributed by atoms with Crippen LogP contribution in [0.15, 0.2) is 47.8 Å². The summed E-state index contributed by atoms with van der Waals surface area (Å²) in [6.07, 6.45) is 0. The maximum Gasteiger partial charge on any atom is 0.257 e. The van der Waals surface area contributed by atoms with E-state index in [2.05, 4.69) is 18.0 Å². The van der Waals surface area contributed by atoms with Gasteiger partial charge < -0.3 is 9.64 Å². The summed E-state index contributed by atoms with van der Waals surface area (Å²) in [5, 5.41) is 2.78. The van der Waals surface area contributed by atoms with Gasteiger partial charge >= 0.3 is 0 Å². The second-order valence-electron chi connectivity index (χ2n) is 7.78. The molecule has 0 bridgehead atoms. The highest BCUT2D eigenvalue weighted by Crippen LogP contribution is 2.23. The van der Waals surface area contributed by atoms with Gasteiger partial charge in [0, 0.05) is 11.9 Å². The molecule has 1 heterocycles. The van der Waals surface area contributed by atoms with E-state index in [4.69, 9.17) is 4.74 Å². The Kier molecular flexibility index (Phi) is 7.21. The highest BCUT2D eigenvalue weighted by Gasteiger charge is 2.21. The Morgan fingerprint density at radius 3 is 2.67 bits per heavy atom. The molecular formula is C24H27FN2O2S. The monoisotopic (exact) mass is 426 g/mol. The lowest BCUT2D eigenvalue weighted by Gasteiger charge is -2.24. The van der Waals surface area contributed by atoms with Gasteiger partial charge in [-0.05, 0) is 49.1 Å². The van der Waals surface area contributed by atoms with Crippen LogP contribution in [0.5, 0.6) is 5.75 Å². The number of hydrogen-bond donors (Lipinski definition) is 0. The summed E-state index contributed by atoms with van der Waals surface area (Å²) in [6, 6.07) is 12.1. The number of thiazole rings is 1. The molecule has 0 unspecified atom stereocenters. The summed E-state index contributed by atoms with van der Waals surface area (Å²) < 4.78 is 20.1. The highest BCUT2D eigenvalue weighted by atomic mass is 32.1. The fourth-order valence-corrected chi connectivity index (χ4v) is 3.86. The number of rotatable bonds is 8. The number of carbonyl (C=O) groups excluding carboxylic acids is 1. The number of aromatic nitrogens is 1. The maximum absolute atomic E-state index is 14.1. The third-order valence-corrected chi connectivity index (χ3v) is 5.71. The van der Waals surface area contributed by atoms with Crippen molar-refractivity contribution in [1.82, 2.24) is 9.88 Å². The second kappa shape index (κ2) is 9.85. The van der Waals surface area contributed by atoms with E-state index < -0.39 is 5.82 Å². The topological polar surface area (TPSA) is 42.4 Å². The fraction of sp³-hybridized carbons (Fsp3) is 0.333. The maximum atomic E-state index is 14.1. The summed E-state index contributed by atoms with van der Waals surface area (Å²) in [6.45, 7) is 9.40. The van der Waals surface area contributed by atoms with Crippen molar-refractivity contribution in [2.75, 3.05) is 6.54 Å². The van der Waals surface area contributed by atoms with Crippen LogP contribution in [0.3, 0.4) is 0 Å². The molecule has 0 saturated carbocycles. The summed E-state index contributed by atoms with van der Waals surface area (Å²) in [5.74, 6) is 0.287. The minimum absolute atomic E-state index is 0.0897. The Hall–Kier alpha value is -2.73. The quantitative estimate of drug-likeness (QED) is 0.459. The third kappa shape index (κ3) is 5.45. The van der Waals surface area contributed by atoms with Crippen LogP contribution < -0.4 is 4.74 Å². The van der Waals surface area contributed by atoms with E-state index >= 15 is 0 Å². The number of carbonyl (C=O) groups is 1. The molecule has 0 aliphatic carbocycles. The van der Waals surface area contributed by atoms with Crippen LogP contribution in [0.1, 0.15) is 46.0 Å². The lowest BCUT2D eigenvalue weighted by Crippen LogP contribution is -2.34. The van der Waals surface area contributed by atoms with Crippen LogP contribution in [-0.2, 0) is 13.2 Å². The molecule has 0 N–H and O–H groups in total. The highest BCUT2D eigenvalue weighted by molar-refractivity contribution is 7.09. The average Bonchev–Trinajstić information content (AvgIpc) is 3.15. The number of hydrogen-bond acceptors (Lipinski definition) is 4. The Bertz CT molecular complexity index is 1020. The molecule has 1 aromatic heterocycles. The third-order valence-electron chi connectivity index (χ3n) is 4.84. The molecule has 3 rings (SSSR count). The average molecular weight is 427 g/mol. The number of halogens is 1. The van der Waals surface area contributed by atoms with E-state index in [1.807, 2.05) is 38.3 Å². The Labute approximate surface area is 181 Å². The van der Waals surface area contributed by atoms with Gasteiger partial charge in [-0.15, -0.1) is 11.3 Å². The largest absolute Gasteiger partial charge is 0.486 e. The molecule has 0 atom stereocenters. The minimum atomic E-state index is -0.503. The van der Waals surface area contributed by atoms with Crippen LogP contribution >= 0.6 is 11.3 Å². The molecule has 158 valence electrons. The van der Waals surface area contributed by atoms with E-state index in [9.17, 15) is 9.18 Å². The summed E-state index contributed by atoms with van der Waals surface area (Å²) in [4.78, 5) is 19.2. The van der Waals surface area contributed by atoms with E-state index in [0.29, 0.717) is 19.7 Å². The molecule has 1 amide bonds. The first kappa shape index (κ1) is 22.0. The van der Waals surface area contributed by atoms with Crippen LogP contribution in [0.25, 0.3) is 0 Å². The summed E-state index contributed by atoms with van der Waals surface area (Å²) in [7, 11) is 0. The minimum Gasteiger partial charge on any atom is -0.486 e. The lowest BCUT2D eigenvalue weighted by molar-refractivity contribution is 0.0716. The van der Waals surface area contributed by atoms with E-state index in [0.717, 1.165) is 22.0 Å². The number of benzene rings is 2. The van der Waals surface area contributed by atoms with Crippen LogP contribution in [-0.4, -0.2) is 22.3 Å². The van der Waals surface area contributed by atoms with Gasteiger partial charge in [-0.3, -0.25) is 4.79 Å². The predicted molar refractivity (Wildman–Crippen MR) is 118 cm³/mol. The first-order chi connectivity index (χ1) is 14.3. The number of aryl methyl sites for hydroxylation is 1. The van der Waals surface area contributed by atoms with Gasteiger partial charge in [0.05, 0.1) is 17.8 Å². The molecule has 0 fully saturated rings. The molecule has 6 heteroatoms. The summed E-state index contributed by atoms with van der Waals surface area (Å²) >= 11 is 1.50. The van der Waals surface area contributed by atoms with Gasteiger partial charge in [-0.25, -0.2) is 9.37 Å². The first-order valence-corrected chi connectivity index (χ1v) is 10.9. The molecule has 2 aromatic carbocycles. The molecule has 0 radical (unpaired) electrons. The van der Waals surface area contributed by atoms with Gasteiger partial charge in [0.15, 0.2) is 0 Å². The molecular weight excluding hydrogens is 399 g/mol. The molecule has 0 aliphatic rings. The van der Waals surface area contributed by atoms with E-state index in [1.54, 1.807) is 17.0 Å². The van der Waals surface area contributed by atoms with Crippen molar-refractivity contribution in [1.29, 1.82) is 0 Å². The fourth-order valence-electron chi connectivity index (χ4n) is 3.17. The Morgan fingerprint density at radius 1 is 1.17 bits per heavy atom. The van der Waals surface area contributed by atoms with E-state index in [-0.39, 0.29) is 17.4 Å². The van der Waals surface area contributed by atoms with Crippen molar-refractivity contribution >= 4 is 17.2 Å². The molecule has 4 nitrogen and oxygen atoms in total. The Morgan fingerprint density at radius 2 is 1.93 bits per heavy atom. The first-order valence-electron chi connectivity index (χ1n) is 10.0. The van der Waals surface area contributed by atoms with Crippen molar-refractivity contribution < 1.29 is 13.9 Å². The zero-order valence-corrected chi connectivity index (χ0v) is 18.6. The van der Waals surface area contributed by atoms with Crippen LogP contribution in [0.4, 0.5) is 4.39 Å². The predicted octanol–water partition coefficient (Wildman–Crippen LogP) is 5.78. The molecule has 0 saturated heterocycles. The lowest BCUT2D eigenvalue weighted by atomic mass is 10.1. The van der Waals surface area contributed by atoms with Gasteiger partial charge in [0.2, 0.25) is 0 Å². The van der Waals surface area contributed by atoms with Gasteiger partial charge in [0.1, 0.15) is 23.2 Å². The Balaban J connectivity index is 1.70. The van der Waals surface area contributed by atoms with Crippen molar-refractivity contribution in [3.05, 3.63) is 81.1 Å². The molecule has 0 spiro atoms. The summed E-state index contributed by atoms with van der Waals surface area (Å²) in [5.41, 5.74) is 3.17. The normalized spacial score (nSPS) is 11.0. The smallest absolute Gasteiger partial charge is 0.257 e. The van der Waals surface area contributed by atoms with Crippen LogP contribution in [0.2, 0.25) is 0 Å². The molecule has 3 aromatic rings. The van der Waals surface area contributed by atoms with Crippen molar-refractivity contribution in [3.63, 3.8) is 0 Å². The van der Waals surface area contributed by atoms with Crippen molar-refractivity contribution in [3.8, 4) is 5.75 Å². The molecule has 30 heavy (non-hydrogen) atoms. The van der Waals surface area contributed by atoms with E-state index in [1.165, 1.54) is 29.0 Å². The zero-order chi connectivity index (χ0) is 21.7.